The van der Waals surface area contributed by atoms with Crippen molar-refractivity contribution in [3.63, 3.8) is 0 Å². The molecule has 3 rings (SSSR count). The van der Waals surface area contributed by atoms with Gasteiger partial charge in [-0.25, -0.2) is 4.98 Å². The minimum absolute atomic E-state index is 0.484. The van der Waals surface area contributed by atoms with Crippen LogP contribution < -0.4 is 10.8 Å². The first-order chi connectivity index (χ1) is 9.26. The van der Waals surface area contributed by atoms with Gasteiger partial charge in [0.15, 0.2) is 0 Å². The molecule has 2 N–H and O–H groups in total. The van der Waals surface area contributed by atoms with Crippen LogP contribution in [-0.2, 0) is 7.05 Å². The van der Waals surface area contributed by atoms with Crippen LogP contribution in [0, 0.1) is 5.21 Å². The number of hydrogen-bond donors (Lipinski definition) is 2. The van der Waals surface area contributed by atoms with Crippen molar-refractivity contribution in [1.29, 1.82) is 0 Å². The van der Waals surface area contributed by atoms with Gasteiger partial charge in [0.25, 0.3) is 0 Å². The molecule has 2 aromatic heterocycles. The monoisotopic (exact) mass is 253 g/mol. The molecule has 0 spiro atoms. The number of pyridine rings is 1. The van der Waals surface area contributed by atoms with Crippen molar-refractivity contribution < 1.29 is 0 Å². The van der Waals surface area contributed by atoms with Crippen LogP contribution >= 0.6 is 0 Å². The van der Waals surface area contributed by atoms with Gasteiger partial charge >= 0.3 is 0 Å². The fourth-order valence-corrected chi connectivity index (χ4v) is 2.05. The molecule has 19 heavy (non-hydrogen) atoms. The molecule has 0 amide bonds. The van der Waals surface area contributed by atoms with Crippen LogP contribution in [0.1, 0.15) is 0 Å². The second kappa shape index (κ2) is 4.62. The largest absolute Gasteiger partial charge is 0.761 e. The molecule has 0 unspecified atom stereocenters. The second-order valence-corrected chi connectivity index (χ2v) is 4.36. The fraction of sp³-hybridized carbons (Fsp3) is 0.0714. The Morgan fingerprint density at radius 1 is 1.11 bits per heavy atom. The van der Waals surface area contributed by atoms with Gasteiger partial charge in [-0.05, 0) is 29.7 Å². The van der Waals surface area contributed by atoms with Crippen LogP contribution in [0.15, 0.2) is 48.8 Å². The highest BCUT2D eigenvalue weighted by Crippen LogP contribution is 2.22. The third-order valence-corrected chi connectivity index (χ3v) is 3.04. The zero-order valence-corrected chi connectivity index (χ0v) is 10.4. The van der Waals surface area contributed by atoms with E-state index in [0.717, 1.165) is 11.2 Å². The predicted octanol–water partition coefficient (Wildman–Crippen LogP) is 3.23. The Bertz CT molecular complexity index is 720. The SMILES string of the molecule is Cn1ccc2ccc(Nc3cc(N[O-])ccn3)cc21. The van der Waals surface area contributed by atoms with Crippen molar-refractivity contribution in [2.24, 2.45) is 7.05 Å². The average Bonchev–Trinajstić information content (AvgIpc) is 2.80. The Hall–Kier alpha value is -2.53. The van der Waals surface area contributed by atoms with Gasteiger partial charge in [-0.1, -0.05) is 6.07 Å². The average molecular weight is 253 g/mol. The second-order valence-electron chi connectivity index (χ2n) is 4.36. The van der Waals surface area contributed by atoms with Crippen LogP contribution in [0.5, 0.6) is 0 Å². The van der Waals surface area contributed by atoms with E-state index in [1.165, 1.54) is 5.39 Å². The molecule has 3 aromatic rings. The van der Waals surface area contributed by atoms with E-state index in [2.05, 4.69) is 20.9 Å². The Morgan fingerprint density at radius 3 is 2.84 bits per heavy atom. The molecule has 0 aliphatic rings. The number of hydrogen-bond acceptors (Lipinski definition) is 4. The summed E-state index contributed by atoms with van der Waals surface area (Å²) in [6.07, 6.45) is 3.61. The summed E-state index contributed by atoms with van der Waals surface area (Å²) in [5.41, 5.74) is 4.41. The first-order valence-corrected chi connectivity index (χ1v) is 5.92. The van der Waals surface area contributed by atoms with Gasteiger partial charge in [-0.3, -0.25) is 0 Å². The van der Waals surface area contributed by atoms with Crippen molar-refractivity contribution >= 4 is 28.1 Å². The summed E-state index contributed by atoms with van der Waals surface area (Å²) in [4.78, 5) is 4.18. The first kappa shape index (κ1) is 11.6. The van der Waals surface area contributed by atoms with Gasteiger partial charge in [0.1, 0.15) is 5.82 Å². The number of nitrogens with zero attached hydrogens (tertiary/aromatic N) is 2. The Labute approximate surface area is 110 Å². The Morgan fingerprint density at radius 2 is 2.00 bits per heavy atom. The number of aromatic nitrogens is 2. The lowest BCUT2D eigenvalue weighted by Crippen LogP contribution is -1.95. The molecule has 0 saturated heterocycles. The maximum atomic E-state index is 10.6. The van der Waals surface area contributed by atoms with Crippen LogP contribution in [0.25, 0.3) is 10.9 Å². The van der Waals surface area contributed by atoms with E-state index < -0.39 is 0 Å². The minimum atomic E-state index is 0.484. The van der Waals surface area contributed by atoms with Crippen molar-refractivity contribution in [2.45, 2.75) is 0 Å². The van der Waals surface area contributed by atoms with Gasteiger partial charge in [0.05, 0.1) is 0 Å². The molecule has 0 aliphatic heterocycles. The number of aryl methyl sites for hydroxylation is 1. The zero-order chi connectivity index (χ0) is 13.2. The summed E-state index contributed by atoms with van der Waals surface area (Å²) >= 11 is 0. The molecule has 96 valence electrons. The third-order valence-electron chi connectivity index (χ3n) is 3.04. The minimum Gasteiger partial charge on any atom is -0.761 e. The number of nitrogens with one attached hydrogen (secondary N) is 2. The molecular weight excluding hydrogens is 240 g/mol. The molecule has 0 atom stereocenters. The number of anilines is 3. The van der Waals surface area contributed by atoms with Crippen LogP contribution in [0.2, 0.25) is 0 Å². The Kier molecular flexibility index (Phi) is 2.81. The van der Waals surface area contributed by atoms with Crippen LogP contribution in [0.3, 0.4) is 0 Å². The van der Waals surface area contributed by atoms with E-state index >= 15 is 0 Å². The van der Waals surface area contributed by atoms with Crippen molar-refractivity contribution in [3.8, 4) is 0 Å². The van der Waals surface area contributed by atoms with Crippen molar-refractivity contribution in [1.82, 2.24) is 9.55 Å². The van der Waals surface area contributed by atoms with Gasteiger partial charge in [0.2, 0.25) is 0 Å². The van der Waals surface area contributed by atoms with Gasteiger partial charge in [-0.2, -0.15) is 0 Å². The van der Waals surface area contributed by atoms with Crippen molar-refractivity contribution in [3.05, 3.63) is 54.0 Å². The molecule has 0 radical (unpaired) electrons. The highest BCUT2D eigenvalue weighted by molar-refractivity contribution is 5.84. The predicted molar refractivity (Wildman–Crippen MR) is 77.4 cm³/mol. The molecule has 5 heteroatoms. The number of fused-ring (bicyclic) bond motifs is 1. The maximum Gasteiger partial charge on any atom is 0.132 e. The molecule has 0 aliphatic carbocycles. The first-order valence-electron chi connectivity index (χ1n) is 5.92. The normalized spacial score (nSPS) is 10.6. The quantitative estimate of drug-likeness (QED) is 0.703. The molecule has 0 fully saturated rings. The smallest absolute Gasteiger partial charge is 0.132 e. The highest BCUT2D eigenvalue weighted by Gasteiger charge is 2.01. The standard InChI is InChI=1S/C14H13N4O/c1-18-7-5-10-2-3-11(8-13(10)18)16-14-9-12(17-19)4-6-15-14/h2-9H,1H3,(H2-,15,16,17,19)/q-1. The van der Waals surface area contributed by atoms with E-state index in [-0.39, 0.29) is 0 Å². The molecule has 0 bridgehead atoms. The van der Waals surface area contributed by atoms with Crippen LogP contribution in [-0.4, -0.2) is 9.55 Å². The van der Waals surface area contributed by atoms with Crippen molar-refractivity contribution in [2.75, 3.05) is 10.8 Å². The number of rotatable bonds is 3. The summed E-state index contributed by atoms with van der Waals surface area (Å²) in [6.45, 7) is 0. The van der Waals surface area contributed by atoms with E-state index in [4.69, 9.17) is 0 Å². The number of benzene rings is 1. The molecule has 2 heterocycles. The van der Waals surface area contributed by atoms with E-state index in [1.54, 1.807) is 18.3 Å². The fourth-order valence-electron chi connectivity index (χ4n) is 2.05. The molecular formula is C14H13N4O-. The third kappa shape index (κ3) is 2.23. The molecule has 0 saturated carbocycles. The summed E-state index contributed by atoms with van der Waals surface area (Å²) in [5, 5.41) is 15.0. The Balaban J connectivity index is 1.93. The molecule has 1 aromatic carbocycles. The zero-order valence-electron chi connectivity index (χ0n) is 10.4. The van der Waals surface area contributed by atoms with Crippen LogP contribution in [0.4, 0.5) is 17.2 Å². The molecule has 5 nitrogen and oxygen atoms in total. The summed E-state index contributed by atoms with van der Waals surface area (Å²) < 4.78 is 2.06. The lowest BCUT2D eigenvalue weighted by atomic mass is 10.2. The lowest BCUT2D eigenvalue weighted by Gasteiger charge is -2.11. The van der Waals surface area contributed by atoms with E-state index in [9.17, 15) is 5.21 Å². The van der Waals surface area contributed by atoms with Gasteiger partial charge in [0, 0.05) is 42.4 Å². The van der Waals surface area contributed by atoms with Gasteiger partial charge < -0.3 is 20.6 Å². The topological polar surface area (TPSA) is 64.9 Å². The summed E-state index contributed by atoms with van der Waals surface area (Å²) in [6, 6.07) is 11.4. The van der Waals surface area contributed by atoms with E-state index in [0.29, 0.717) is 11.5 Å². The lowest BCUT2D eigenvalue weighted by molar-refractivity contribution is 0.969. The van der Waals surface area contributed by atoms with E-state index in [1.807, 2.05) is 36.9 Å². The highest BCUT2D eigenvalue weighted by atomic mass is 16.5. The summed E-state index contributed by atoms with van der Waals surface area (Å²) in [7, 11) is 2.01. The summed E-state index contributed by atoms with van der Waals surface area (Å²) in [5.74, 6) is 0.634. The maximum absolute atomic E-state index is 10.6. The van der Waals surface area contributed by atoms with Gasteiger partial charge in [-0.15, -0.1) is 0 Å².